The fraction of sp³-hybridized carbons (Fsp3) is 0.778. The number of rotatable bonds is 5. The maximum atomic E-state index is 5.39. The Morgan fingerprint density at radius 1 is 1.38 bits per heavy atom. The van der Waals surface area contributed by atoms with E-state index >= 15 is 0 Å². The van der Waals surface area contributed by atoms with Crippen LogP contribution in [0.25, 0.3) is 0 Å². The van der Waals surface area contributed by atoms with E-state index in [2.05, 4.69) is 45.3 Å². The summed E-state index contributed by atoms with van der Waals surface area (Å²) in [6.07, 6.45) is 5.40. The Bertz CT molecular complexity index is 582. The normalized spacial score (nSPS) is 21.2. The van der Waals surface area contributed by atoms with Gasteiger partial charge in [0.15, 0.2) is 5.96 Å². The number of ether oxygens (including phenoxy) is 1. The molecule has 8 heteroatoms. The first kappa shape index (κ1) is 21.4. The number of halogens is 1. The molecule has 2 N–H and O–H groups in total. The molecule has 0 radical (unpaired) electrons. The smallest absolute Gasteiger partial charge is 0.191 e. The lowest BCUT2D eigenvalue weighted by Crippen LogP contribution is -2.48. The van der Waals surface area contributed by atoms with Crippen LogP contribution in [0.2, 0.25) is 0 Å². The molecule has 2 aliphatic rings. The number of nitrogens with one attached hydrogen (secondary N) is 2. The third kappa shape index (κ3) is 5.82. The number of guanidine groups is 1. The Morgan fingerprint density at radius 3 is 2.85 bits per heavy atom. The lowest BCUT2D eigenvalue weighted by molar-refractivity contribution is 0.0389. The van der Waals surface area contributed by atoms with Gasteiger partial charge in [0.25, 0.3) is 0 Å². The maximum absolute atomic E-state index is 5.39. The van der Waals surface area contributed by atoms with Gasteiger partial charge < -0.3 is 15.4 Å². The van der Waals surface area contributed by atoms with Crippen LogP contribution in [0.4, 0.5) is 0 Å². The summed E-state index contributed by atoms with van der Waals surface area (Å²) in [5.41, 5.74) is 2.64. The number of aliphatic imine (C=N–C) groups is 1. The molecule has 1 aliphatic carbocycles. The zero-order valence-electron chi connectivity index (χ0n) is 16.2. The van der Waals surface area contributed by atoms with Gasteiger partial charge in [-0.05, 0) is 32.3 Å². The topological polar surface area (TPSA) is 66.7 Å². The van der Waals surface area contributed by atoms with Crippen LogP contribution in [-0.2, 0) is 17.6 Å². The number of hydrogen-bond donors (Lipinski definition) is 2. The van der Waals surface area contributed by atoms with Crippen LogP contribution in [0.15, 0.2) is 11.2 Å². The van der Waals surface area contributed by atoms with Gasteiger partial charge in [0.05, 0.1) is 18.9 Å². The number of hydrogen-bond acceptors (Lipinski definition) is 4. The molecule has 1 aromatic heterocycles. The highest BCUT2D eigenvalue weighted by atomic mass is 127. The monoisotopic (exact) mass is 476 g/mol. The van der Waals surface area contributed by atoms with Crippen LogP contribution < -0.4 is 10.6 Å². The van der Waals surface area contributed by atoms with Gasteiger partial charge in [-0.15, -0.1) is 24.0 Å². The minimum absolute atomic E-state index is 0. The molecule has 1 saturated heterocycles. The Morgan fingerprint density at radius 2 is 2.15 bits per heavy atom. The van der Waals surface area contributed by atoms with Crippen LogP contribution in [0.3, 0.4) is 0 Å². The molecule has 0 amide bonds. The first-order valence-corrected chi connectivity index (χ1v) is 9.50. The van der Waals surface area contributed by atoms with Crippen molar-refractivity contribution in [3.63, 3.8) is 0 Å². The quantitative estimate of drug-likeness (QED) is 0.383. The maximum Gasteiger partial charge on any atom is 0.191 e. The highest BCUT2D eigenvalue weighted by molar-refractivity contribution is 14.0. The Hall–Kier alpha value is -0.870. The van der Waals surface area contributed by atoms with E-state index in [1.807, 2.05) is 7.05 Å². The van der Waals surface area contributed by atoms with Gasteiger partial charge in [-0.3, -0.25) is 14.6 Å². The summed E-state index contributed by atoms with van der Waals surface area (Å²) in [5, 5.41) is 11.8. The van der Waals surface area contributed by atoms with E-state index < -0.39 is 0 Å². The molecule has 0 bridgehead atoms. The van der Waals surface area contributed by atoms with Gasteiger partial charge in [-0.2, -0.15) is 5.10 Å². The van der Waals surface area contributed by atoms with Crippen molar-refractivity contribution < 1.29 is 4.74 Å². The predicted octanol–water partition coefficient (Wildman–Crippen LogP) is 1.44. The Kier molecular flexibility index (Phi) is 8.62. The van der Waals surface area contributed by atoms with Crippen molar-refractivity contribution in [2.24, 2.45) is 4.99 Å². The third-order valence-electron chi connectivity index (χ3n) is 5.01. The predicted molar refractivity (Wildman–Crippen MR) is 116 cm³/mol. The molecule has 2 heterocycles. The molecule has 3 rings (SSSR count). The molecule has 0 aromatic carbocycles. The van der Waals surface area contributed by atoms with Crippen molar-refractivity contribution in [3.8, 4) is 0 Å². The summed E-state index contributed by atoms with van der Waals surface area (Å²) in [5.74, 6) is 0.894. The highest BCUT2D eigenvalue weighted by Gasteiger charge is 2.23. The van der Waals surface area contributed by atoms with E-state index in [0.717, 1.165) is 64.6 Å². The van der Waals surface area contributed by atoms with Crippen LogP contribution in [0.5, 0.6) is 0 Å². The van der Waals surface area contributed by atoms with Gasteiger partial charge in [-0.1, -0.05) is 0 Å². The summed E-state index contributed by atoms with van der Waals surface area (Å²) < 4.78 is 7.47. The van der Waals surface area contributed by atoms with E-state index in [1.165, 1.54) is 11.3 Å². The van der Waals surface area contributed by atoms with Crippen molar-refractivity contribution in [2.75, 3.05) is 46.4 Å². The molecule has 1 atom stereocenters. The SMILES string of the molecule is CN=C(NCCN1CCOCC1)NC1CCc2cn(C(C)C)nc2C1.I. The van der Waals surface area contributed by atoms with E-state index in [0.29, 0.717) is 12.1 Å². The summed E-state index contributed by atoms with van der Waals surface area (Å²) >= 11 is 0. The zero-order chi connectivity index (χ0) is 17.6. The van der Waals surface area contributed by atoms with Crippen LogP contribution in [0, 0.1) is 0 Å². The first-order valence-electron chi connectivity index (χ1n) is 9.50. The van der Waals surface area contributed by atoms with Crippen LogP contribution in [-0.4, -0.2) is 73.1 Å². The van der Waals surface area contributed by atoms with Crippen molar-refractivity contribution in [3.05, 3.63) is 17.5 Å². The lowest BCUT2D eigenvalue weighted by atomic mass is 9.94. The van der Waals surface area contributed by atoms with E-state index in [1.54, 1.807) is 0 Å². The number of aryl methyl sites for hydroxylation is 1. The van der Waals surface area contributed by atoms with Gasteiger partial charge in [0, 0.05) is 57.9 Å². The Balaban J connectivity index is 0.00000243. The van der Waals surface area contributed by atoms with Crippen molar-refractivity contribution in [1.82, 2.24) is 25.3 Å². The zero-order valence-corrected chi connectivity index (χ0v) is 18.5. The molecule has 1 aliphatic heterocycles. The van der Waals surface area contributed by atoms with E-state index in [9.17, 15) is 0 Å². The van der Waals surface area contributed by atoms with Crippen LogP contribution in [0.1, 0.15) is 37.6 Å². The van der Waals surface area contributed by atoms with Crippen LogP contribution >= 0.6 is 24.0 Å². The van der Waals surface area contributed by atoms with Gasteiger partial charge in [-0.25, -0.2) is 0 Å². The summed E-state index contributed by atoms with van der Waals surface area (Å²) in [4.78, 5) is 6.81. The number of aromatic nitrogens is 2. The molecule has 148 valence electrons. The van der Waals surface area contributed by atoms with Crippen molar-refractivity contribution in [2.45, 2.75) is 45.2 Å². The number of nitrogens with zero attached hydrogens (tertiary/aromatic N) is 4. The molecule has 26 heavy (non-hydrogen) atoms. The summed E-state index contributed by atoms with van der Waals surface area (Å²) in [6.45, 7) is 10.0. The second-order valence-electron chi connectivity index (χ2n) is 7.21. The van der Waals surface area contributed by atoms with E-state index in [-0.39, 0.29) is 24.0 Å². The molecular formula is C18H33IN6O. The minimum atomic E-state index is 0. The standard InChI is InChI=1S/C18H32N6O.HI/c1-14(2)24-13-15-4-5-16(12-17(15)22-24)21-18(19-3)20-6-7-23-8-10-25-11-9-23;/h13-14,16H,4-12H2,1-3H3,(H2,19,20,21);1H. The molecule has 7 nitrogen and oxygen atoms in total. The van der Waals surface area contributed by atoms with Crippen molar-refractivity contribution >= 4 is 29.9 Å². The minimum Gasteiger partial charge on any atom is -0.379 e. The molecule has 1 aromatic rings. The van der Waals surface area contributed by atoms with Crippen molar-refractivity contribution in [1.29, 1.82) is 0 Å². The van der Waals surface area contributed by atoms with E-state index in [4.69, 9.17) is 9.84 Å². The van der Waals surface area contributed by atoms with Gasteiger partial charge in [0.1, 0.15) is 0 Å². The second kappa shape index (κ2) is 10.5. The van der Waals surface area contributed by atoms with Gasteiger partial charge >= 0.3 is 0 Å². The third-order valence-corrected chi connectivity index (χ3v) is 5.01. The Labute approximate surface area is 174 Å². The number of fused-ring (bicyclic) bond motifs is 1. The largest absolute Gasteiger partial charge is 0.379 e. The number of morpholine rings is 1. The second-order valence-corrected chi connectivity index (χ2v) is 7.21. The summed E-state index contributed by atoms with van der Waals surface area (Å²) in [6, 6.07) is 0.823. The average molecular weight is 476 g/mol. The van der Waals surface area contributed by atoms with Gasteiger partial charge in [0.2, 0.25) is 0 Å². The molecular weight excluding hydrogens is 443 g/mol. The fourth-order valence-corrected chi connectivity index (χ4v) is 3.45. The average Bonchev–Trinajstić information content (AvgIpc) is 3.05. The molecule has 0 saturated carbocycles. The molecule has 1 unspecified atom stereocenters. The highest BCUT2D eigenvalue weighted by Crippen LogP contribution is 2.21. The molecule has 1 fully saturated rings. The first-order chi connectivity index (χ1) is 12.2. The summed E-state index contributed by atoms with van der Waals surface area (Å²) in [7, 11) is 1.84. The fourth-order valence-electron chi connectivity index (χ4n) is 3.45. The lowest BCUT2D eigenvalue weighted by Gasteiger charge is -2.28. The molecule has 0 spiro atoms.